The number of allylic oxidation sites excluding steroid dienone is 1. The molecule has 0 aromatic rings. The molecule has 0 bridgehead atoms. The lowest BCUT2D eigenvalue weighted by Gasteiger charge is -2.00. The van der Waals surface area contributed by atoms with Crippen LogP contribution >= 0.6 is 0 Å². The summed E-state index contributed by atoms with van der Waals surface area (Å²) in [4.78, 5) is 10.6. The van der Waals surface area contributed by atoms with Crippen molar-refractivity contribution < 1.29 is 25.2 Å². The van der Waals surface area contributed by atoms with E-state index in [9.17, 15) is 4.79 Å². The second kappa shape index (κ2) is 5.95. The van der Waals surface area contributed by atoms with Gasteiger partial charge >= 0.3 is 5.97 Å². The monoisotopic (exact) mass is 200 g/mol. The minimum atomic E-state index is -1.28. The van der Waals surface area contributed by atoms with Crippen LogP contribution in [0, 0.1) is 0 Å². The van der Waals surface area contributed by atoms with Crippen molar-refractivity contribution >= 4 is 5.97 Å². The number of aliphatic hydroxyl groups excluding tert-OH is 3. The minimum Gasteiger partial charge on any atom is -0.509 e. The SMILES string of the molecule is C=C(O)/C=C(\C=C(CO)CO)C(=O)O. The van der Waals surface area contributed by atoms with E-state index in [4.69, 9.17) is 20.4 Å². The van der Waals surface area contributed by atoms with E-state index < -0.39 is 24.9 Å². The molecule has 4 N–H and O–H groups in total. The van der Waals surface area contributed by atoms with E-state index in [2.05, 4.69) is 6.58 Å². The maximum Gasteiger partial charge on any atom is 0.335 e. The first-order valence-corrected chi connectivity index (χ1v) is 3.75. The van der Waals surface area contributed by atoms with E-state index in [1.54, 1.807) is 0 Å². The van der Waals surface area contributed by atoms with Gasteiger partial charge in [0.05, 0.1) is 18.8 Å². The summed E-state index contributed by atoms with van der Waals surface area (Å²) in [5, 5.41) is 34.7. The van der Waals surface area contributed by atoms with E-state index >= 15 is 0 Å². The van der Waals surface area contributed by atoms with Crippen molar-refractivity contribution in [2.45, 2.75) is 0 Å². The number of aliphatic hydroxyl groups is 3. The Labute approximate surface area is 80.9 Å². The fourth-order valence-corrected chi connectivity index (χ4v) is 0.706. The summed E-state index contributed by atoms with van der Waals surface area (Å²) in [7, 11) is 0. The molecule has 0 amide bonds. The minimum absolute atomic E-state index is 0.139. The van der Waals surface area contributed by atoms with Crippen LogP contribution in [-0.2, 0) is 4.79 Å². The predicted octanol–water partition coefficient (Wildman–Crippen LogP) is -0.0199. The highest BCUT2D eigenvalue weighted by Crippen LogP contribution is 2.05. The number of rotatable bonds is 5. The van der Waals surface area contributed by atoms with Gasteiger partial charge in [-0.15, -0.1) is 0 Å². The average molecular weight is 200 g/mol. The number of carboxylic acids is 1. The molecule has 0 saturated heterocycles. The van der Waals surface area contributed by atoms with Crippen molar-refractivity contribution in [2.75, 3.05) is 13.2 Å². The van der Waals surface area contributed by atoms with E-state index in [1.807, 2.05) is 0 Å². The van der Waals surface area contributed by atoms with Crippen LogP contribution in [0.15, 0.2) is 35.6 Å². The molecule has 0 fully saturated rings. The van der Waals surface area contributed by atoms with Crippen molar-refractivity contribution in [3.63, 3.8) is 0 Å². The van der Waals surface area contributed by atoms with Gasteiger partial charge in [0.25, 0.3) is 0 Å². The summed E-state index contributed by atoms with van der Waals surface area (Å²) in [6.07, 6.45) is 2.00. The lowest BCUT2D eigenvalue weighted by Crippen LogP contribution is -2.03. The zero-order valence-corrected chi connectivity index (χ0v) is 7.47. The quantitative estimate of drug-likeness (QED) is 0.284. The molecule has 0 aromatic carbocycles. The van der Waals surface area contributed by atoms with Gasteiger partial charge in [0, 0.05) is 0 Å². The number of carbonyl (C=O) groups is 1. The summed E-state index contributed by atoms with van der Waals surface area (Å²) in [6, 6.07) is 0. The summed E-state index contributed by atoms with van der Waals surface area (Å²) in [6.45, 7) is 2.21. The molecular formula is C9H12O5. The number of hydrogen-bond donors (Lipinski definition) is 4. The van der Waals surface area contributed by atoms with Gasteiger partial charge in [-0.3, -0.25) is 0 Å². The Morgan fingerprint density at radius 2 is 1.64 bits per heavy atom. The van der Waals surface area contributed by atoms with Crippen LogP contribution in [0.5, 0.6) is 0 Å². The Morgan fingerprint density at radius 3 is 1.93 bits per heavy atom. The van der Waals surface area contributed by atoms with Gasteiger partial charge in [0.1, 0.15) is 5.76 Å². The second-order valence-electron chi connectivity index (χ2n) is 2.51. The Balaban J connectivity index is 4.94. The van der Waals surface area contributed by atoms with Gasteiger partial charge in [-0.25, -0.2) is 4.79 Å². The first kappa shape index (κ1) is 12.4. The molecule has 0 aliphatic heterocycles. The molecule has 14 heavy (non-hydrogen) atoms. The second-order valence-corrected chi connectivity index (χ2v) is 2.51. The van der Waals surface area contributed by atoms with Crippen molar-refractivity contribution in [3.8, 4) is 0 Å². The van der Waals surface area contributed by atoms with Crippen LogP contribution in [0.25, 0.3) is 0 Å². The average Bonchev–Trinajstić information content (AvgIpc) is 2.11. The third kappa shape index (κ3) is 4.44. The third-order valence-electron chi connectivity index (χ3n) is 1.33. The molecule has 0 spiro atoms. The largest absolute Gasteiger partial charge is 0.509 e. The van der Waals surface area contributed by atoms with Crippen LogP contribution < -0.4 is 0 Å². The Kier molecular flexibility index (Phi) is 5.28. The predicted molar refractivity (Wildman–Crippen MR) is 49.7 cm³/mol. The van der Waals surface area contributed by atoms with E-state index in [0.717, 1.165) is 12.2 Å². The van der Waals surface area contributed by atoms with E-state index in [1.165, 1.54) is 0 Å². The normalized spacial score (nSPS) is 10.9. The molecule has 0 saturated carbocycles. The lowest BCUT2D eigenvalue weighted by atomic mass is 10.1. The molecule has 0 radical (unpaired) electrons. The zero-order valence-electron chi connectivity index (χ0n) is 7.47. The highest BCUT2D eigenvalue weighted by Gasteiger charge is 2.05. The van der Waals surface area contributed by atoms with Crippen LogP contribution in [0.3, 0.4) is 0 Å². The molecule has 5 nitrogen and oxygen atoms in total. The Hall–Kier alpha value is -1.59. The standard InChI is InChI=1S/C9H12O5/c1-6(12)2-8(9(13)14)3-7(4-10)5-11/h2-3,10-12H,1,4-5H2,(H,13,14)/b8-2+. The molecule has 0 atom stereocenters. The van der Waals surface area contributed by atoms with E-state index in [-0.39, 0.29) is 11.1 Å². The van der Waals surface area contributed by atoms with Crippen LogP contribution in [0.1, 0.15) is 0 Å². The highest BCUT2D eigenvalue weighted by molar-refractivity contribution is 5.90. The molecule has 0 aromatic heterocycles. The summed E-state index contributed by atoms with van der Waals surface area (Å²) in [5.41, 5.74) is -0.115. The summed E-state index contributed by atoms with van der Waals surface area (Å²) < 4.78 is 0. The summed E-state index contributed by atoms with van der Waals surface area (Å²) in [5.74, 6) is -1.69. The van der Waals surface area contributed by atoms with Gasteiger partial charge < -0.3 is 20.4 Å². The Morgan fingerprint density at radius 1 is 1.14 bits per heavy atom. The molecule has 0 unspecified atom stereocenters. The zero-order chi connectivity index (χ0) is 11.1. The van der Waals surface area contributed by atoms with Crippen molar-refractivity contribution in [1.82, 2.24) is 0 Å². The first-order valence-electron chi connectivity index (χ1n) is 3.75. The molecule has 5 heteroatoms. The van der Waals surface area contributed by atoms with Crippen molar-refractivity contribution in [2.24, 2.45) is 0 Å². The molecule has 0 aliphatic rings. The van der Waals surface area contributed by atoms with Gasteiger partial charge in [-0.1, -0.05) is 6.58 Å². The highest BCUT2D eigenvalue weighted by atomic mass is 16.4. The van der Waals surface area contributed by atoms with E-state index in [0.29, 0.717) is 0 Å². The summed E-state index contributed by atoms with van der Waals surface area (Å²) >= 11 is 0. The molecule has 78 valence electrons. The van der Waals surface area contributed by atoms with Gasteiger partial charge in [0.2, 0.25) is 0 Å². The fraction of sp³-hybridized carbons (Fsp3) is 0.222. The fourth-order valence-electron chi connectivity index (χ4n) is 0.706. The molecule has 0 aliphatic carbocycles. The third-order valence-corrected chi connectivity index (χ3v) is 1.33. The lowest BCUT2D eigenvalue weighted by molar-refractivity contribution is -0.132. The molecule has 0 rings (SSSR count). The van der Waals surface area contributed by atoms with Crippen molar-refractivity contribution in [1.29, 1.82) is 0 Å². The van der Waals surface area contributed by atoms with Crippen LogP contribution in [0.4, 0.5) is 0 Å². The molecule has 0 heterocycles. The number of carboxylic acid groups (broad SMARTS) is 1. The number of hydrogen-bond acceptors (Lipinski definition) is 4. The van der Waals surface area contributed by atoms with Gasteiger partial charge in [-0.05, 0) is 17.7 Å². The molecular weight excluding hydrogens is 188 g/mol. The first-order chi connectivity index (χ1) is 6.51. The number of aliphatic carboxylic acids is 1. The Bertz CT molecular complexity index is 282. The maximum absolute atomic E-state index is 10.6. The van der Waals surface area contributed by atoms with Gasteiger partial charge in [0.15, 0.2) is 0 Å². The smallest absolute Gasteiger partial charge is 0.335 e. The van der Waals surface area contributed by atoms with Crippen LogP contribution in [0.2, 0.25) is 0 Å². The topological polar surface area (TPSA) is 98.0 Å². The van der Waals surface area contributed by atoms with Crippen LogP contribution in [-0.4, -0.2) is 39.6 Å². The van der Waals surface area contributed by atoms with Gasteiger partial charge in [-0.2, -0.15) is 0 Å². The van der Waals surface area contributed by atoms with Crippen molar-refractivity contribution in [3.05, 3.63) is 35.6 Å². The maximum atomic E-state index is 10.6.